The Kier molecular flexibility index (Phi) is 5.11. The molecule has 19 heavy (non-hydrogen) atoms. The van der Waals surface area contributed by atoms with Gasteiger partial charge in [-0.15, -0.1) is 0 Å². The van der Waals surface area contributed by atoms with E-state index in [1.54, 1.807) is 0 Å². The second-order valence-corrected chi connectivity index (χ2v) is 7.44. The van der Waals surface area contributed by atoms with Crippen LogP contribution in [0.25, 0.3) is 0 Å². The van der Waals surface area contributed by atoms with Gasteiger partial charge in [0.05, 0.1) is 6.20 Å². The van der Waals surface area contributed by atoms with E-state index in [9.17, 15) is 8.42 Å². The molecule has 1 unspecified atom stereocenters. The molecule has 0 aliphatic heterocycles. The second kappa shape index (κ2) is 6.02. The maximum absolute atomic E-state index is 12.2. The van der Waals surface area contributed by atoms with Gasteiger partial charge in [0.2, 0.25) is 10.0 Å². The average molecular weight is 289 g/mol. The fourth-order valence-electron chi connectivity index (χ4n) is 1.32. The van der Waals surface area contributed by atoms with Gasteiger partial charge in [-0.3, -0.25) is 4.68 Å². The van der Waals surface area contributed by atoms with Gasteiger partial charge in [0, 0.05) is 25.4 Å². The maximum Gasteiger partial charge on any atom is 0.243 e. The number of hydrogen-bond donors (Lipinski definition) is 2. The van der Waals surface area contributed by atoms with E-state index in [1.165, 1.54) is 17.1 Å². The van der Waals surface area contributed by atoms with E-state index in [0.717, 1.165) is 0 Å². The highest BCUT2D eigenvalue weighted by Gasteiger charge is 2.26. The maximum atomic E-state index is 12.2. The first-order valence-electron chi connectivity index (χ1n) is 6.32. The van der Waals surface area contributed by atoms with Crippen LogP contribution < -0.4 is 4.72 Å². The lowest BCUT2D eigenvalue weighted by molar-refractivity contribution is 0.277. The summed E-state index contributed by atoms with van der Waals surface area (Å²) < 4.78 is 28.5. The molecule has 0 saturated carbocycles. The molecule has 0 saturated heterocycles. The van der Waals surface area contributed by atoms with Crippen molar-refractivity contribution >= 4 is 10.0 Å². The molecule has 0 spiro atoms. The second-order valence-electron chi connectivity index (χ2n) is 5.73. The molecule has 1 rings (SSSR count). The SMILES string of the molecule is CC(NS(=O)(=O)c1cnn(CCCO)c1)C(C)(C)C. The predicted octanol–water partition coefficient (Wildman–Crippen LogP) is 0.978. The van der Waals surface area contributed by atoms with Gasteiger partial charge in [-0.2, -0.15) is 5.10 Å². The minimum absolute atomic E-state index is 0.0568. The number of aryl methyl sites for hydroxylation is 1. The van der Waals surface area contributed by atoms with Crippen molar-refractivity contribution in [3.05, 3.63) is 12.4 Å². The number of aromatic nitrogens is 2. The van der Waals surface area contributed by atoms with Crippen molar-refractivity contribution in [2.75, 3.05) is 6.61 Å². The zero-order valence-corrected chi connectivity index (χ0v) is 12.7. The number of aliphatic hydroxyl groups is 1. The van der Waals surface area contributed by atoms with Crippen molar-refractivity contribution in [2.24, 2.45) is 5.41 Å². The summed E-state index contributed by atoms with van der Waals surface area (Å²) >= 11 is 0. The first-order chi connectivity index (χ1) is 8.66. The predicted molar refractivity (Wildman–Crippen MR) is 73.2 cm³/mol. The lowest BCUT2D eigenvalue weighted by atomic mass is 9.89. The summed E-state index contributed by atoms with van der Waals surface area (Å²) in [5.74, 6) is 0. The Hall–Kier alpha value is -0.920. The van der Waals surface area contributed by atoms with Crippen LogP contribution in [-0.2, 0) is 16.6 Å². The zero-order valence-electron chi connectivity index (χ0n) is 11.9. The van der Waals surface area contributed by atoms with Crippen molar-refractivity contribution in [3.63, 3.8) is 0 Å². The molecule has 1 aromatic heterocycles. The van der Waals surface area contributed by atoms with Gasteiger partial charge in [0.15, 0.2) is 0 Å². The molecular formula is C12H23N3O3S. The number of hydrogen-bond acceptors (Lipinski definition) is 4. The van der Waals surface area contributed by atoms with Crippen molar-refractivity contribution in [3.8, 4) is 0 Å². The molecule has 2 N–H and O–H groups in total. The van der Waals surface area contributed by atoms with E-state index < -0.39 is 10.0 Å². The van der Waals surface area contributed by atoms with Crippen LogP contribution in [0.4, 0.5) is 0 Å². The number of rotatable bonds is 6. The van der Waals surface area contributed by atoms with Crippen LogP contribution in [0.5, 0.6) is 0 Å². The Labute approximate surface area is 114 Å². The van der Waals surface area contributed by atoms with Gasteiger partial charge in [-0.05, 0) is 18.8 Å². The Morgan fingerprint density at radius 2 is 2.11 bits per heavy atom. The van der Waals surface area contributed by atoms with Crippen molar-refractivity contribution < 1.29 is 13.5 Å². The van der Waals surface area contributed by atoms with Crippen LogP contribution in [-0.4, -0.2) is 36.0 Å². The highest BCUT2D eigenvalue weighted by molar-refractivity contribution is 7.89. The summed E-state index contributed by atoms with van der Waals surface area (Å²) in [7, 11) is -3.54. The van der Waals surface area contributed by atoms with Gasteiger partial charge in [-0.25, -0.2) is 13.1 Å². The fraction of sp³-hybridized carbons (Fsp3) is 0.750. The van der Waals surface area contributed by atoms with E-state index in [2.05, 4.69) is 9.82 Å². The molecule has 0 aromatic carbocycles. The van der Waals surface area contributed by atoms with Gasteiger partial charge in [0.1, 0.15) is 4.90 Å². The molecule has 1 atom stereocenters. The normalized spacial score (nSPS) is 14.6. The molecule has 6 nitrogen and oxygen atoms in total. The monoisotopic (exact) mass is 289 g/mol. The van der Waals surface area contributed by atoms with E-state index in [-0.39, 0.29) is 23.0 Å². The number of aliphatic hydroxyl groups excluding tert-OH is 1. The Morgan fingerprint density at radius 1 is 1.47 bits per heavy atom. The van der Waals surface area contributed by atoms with Crippen LogP contribution in [0.3, 0.4) is 0 Å². The summed E-state index contributed by atoms with van der Waals surface area (Å²) in [6.45, 7) is 8.33. The Morgan fingerprint density at radius 3 is 2.63 bits per heavy atom. The molecule has 0 aliphatic rings. The van der Waals surface area contributed by atoms with Gasteiger partial charge < -0.3 is 5.11 Å². The Balaban J connectivity index is 2.80. The summed E-state index contributed by atoms with van der Waals surface area (Å²) in [4.78, 5) is 0.154. The molecule has 0 fully saturated rings. The van der Waals surface area contributed by atoms with E-state index in [4.69, 9.17) is 5.11 Å². The quantitative estimate of drug-likeness (QED) is 0.817. The van der Waals surface area contributed by atoms with E-state index in [0.29, 0.717) is 13.0 Å². The van der Waals surface area contributed by atoms with E-state index >= 15 is 0 Å². The first kappa shape index (κ1) is 16.1. The van der Waals surface area contributed by atoms with Crippen LogP contribution in [0.2, 0.25) is 0 Å². The minimum atomic E-state index is -3.54. The summed E-state index contributed by atoms with van der Waals surface area (Å²) in [6, 6.07) is -0.182. The summed E-state index contributed by atoms with van der Waals surface area (Å²) in [5, 5.41) is 12.7. The van der Waals surface area contributed by atoms with Crippen molar-refractivity contribution in [1.29, 1.82) is 0 Å². The van der Waals surface area contributed by atoms with Crippen LogP contribution in [0.15, 0.2) is 17.3 Å². The molecule has 0 amide bonds. The fourth-order valence-corrected chi connectivity index (χ4v) is 2.72. The first-order valence-corrected chi connectivity index (χ1v) is 7.81. The van der Waals surface area contributed by atoms with Crippen LogP contribution in [0, 0.1) is 5.41 Å². The molecule has 1 aromatic rings. The molecule has 0 aliphatic carbocycles. The lowest BCUT2D eigenvalue weighted by Gasteiger charge is -2.27. The standard InChI is InChI=1S/C12H23N3O3S/c1-10(12(2,3)4)14-19(17,18)11-8-13-15(9-11)6-5-7-16/h8-10,14,16H,5-7H2,1-4H3. The topological polar surface area (TPSA) is 84.2 Å². The summed E-state index contributed by atoms with van der Waals surface area (Å²) in [5.41, 5.74) is -0.153. The van der Waals surface area contributed by atoms with Crippen molar-refractivity contribution in [2.45, 2.75) is 51.6 Å². The zero-order chi connectivity index (χ0) is 14.7. The lowest BCUT2D eigenvalue weighted by Crippen LogP contribution is -2.41. The largest absolute Gasteiger partial charge is 0.396 e. The average Bonchev–Trinajstić information content (AvgIpc) is 2.73. The molecule has 7 heteroatoms. The molecular weight excluding hydrogens is 266 g/mol. The van der Waals surface area contributed by atoms with Crippen LogP contribution >= 0.6 is 0 Å². The molecule has 1 heterocycles. The number of nitrogens with zero attached hydrogens (tertiary/aromatic N) is 2. The van der Waals surface area contributed by atoms with Gasteiger partial charge >= 0.3 is 0 Å². The van der Waals surface area contributed by atoms with Gasteiger partial charge in [-0.1, -0.05) is 20.8 Å². The van der Waals surface area contributed by atoms with Crippen molar-refractivity contribution in [1.82, 2.24) is 14.5 Å². The number of sulfonamides is 1. The highest BCUT2D eigenvalue weighted by Crippen LogP contribution is 2.20. The van der Waals surface area contributed by atoms with E-state index in [1.807, 2.05) is 27.7 Å². The number of nitrogens with one attached hydrogen (secondary N) is 1. The minimum Gasteiger partial charge on any atom is -0.396 e. The highest BCUT2D eigenvalue weighted by atomic mass is 32.2. The van der Waals surface area contributed by atoms with Crippen LogP contribution in [0.1, 0.15) is 34.1 Å². The van der Waals surface area contributed by atoms with Gasteiger partial charge in [0.25, 0.3) is 0 Å². The summed E-state index contributed by atoms with van der Waals surface area (Å²) in [6.07, 6.45) is 3.36. The molecule has 110 valence electrons. The molecule has 0 bridgehead atoms. The third-order valence-corrected chi connectivity index (χ3v) is 4.59. The third-order valence-electron chi connectivity index (χ3n) is 3.10. The molecule has 0 radical (unpaired) electrons. The Bertz CT molecular complexity index is 503. The third kappa shape index (κ3) is 4.59. The smallest absolute Gasteiger partial charge is 0.243 e.